The molecule has 15 heteroatoms. The second-order valence-corrected chi connectivity index (χ2v) is 12.7. The molecule has 5 rings (SSSR count). The minimum Gasteiger partial charge on any atom is -0.485 e. The number of aliphatic hydroxyl groups is 1. The number of esters is 1. The Kier molecular flexibility index (Phi) is 11.0. The first kappa shape index (κ1) is 36.2. The largest absolute Gasteiger partial charge is 0.491 e. The maximum Gasteiger partial charge on any atom is 0.491 e. The van der Waals surface area contributed by atoms with Gasteiger partial charge in [0.15, 0.2) is 0 Å². The van der Waals surface area contributed by atoms with Gasteiger partial charge >= 0.3 is 12.1 Å². The number of halogens is 4. The molecular formula is C34H40F4N4O7. The topological polar surface area (TPSA) is 133 Å². The minimum atomic E-state index is -5.21. The number of hydrogen-bond acceptors (Lipinski definition) is 9. The van der Waals surface area contributed by atoms with Gasteiger partial charge in [-0.15, -0.1) is 0 Å². The Morgan fingerprint density at radius 3 is 2.57 bits per heavy atom. The zero-order valence-electron chi connectivity index (χ0n) is 27.4. The van der Waals surface area contributed by atoms with Gasteiger partial charge in [0.05, 0.1) is 24.2 Å². The number of aliphatic hydroxyl groups excluding tert-OH is 1. The number of aromatic nitrogens is 2. The van der Waals surface area contributed by atoms with Crippen LogP contribution in [0.4, 0.5) is 17.6 Å². The Labute approximate surface area is 280 Å². The predicted molar refractivity (Wildman–Crippen MR) is 167 cm³/mol. The number of carbonyl (C=O) groups is 2. The number of nitrogens with zero attached hydrogens (tertiary/aromatic N) is 2. The fourth-order valence-electron chi connectivity index (χ4n) is 6.32. The summed E-state index contributed by atoms with van der Waals surface area (Å²) in [5, 5.41) is 17.6. The van der Waals surface area contributed by atoms with Gasteiger partial charge in [0.2, 0.25) is 11.7 Å². The van der Waals surface area contributed by atoms with E-state index in [1.165, 1.54) is 26.2 Å². The van der Waals surface area contributed by atoms with Crippen molar-refractivity contribution in [2.24, 2.45) is 0 Å². The van der Waals surface area contributed by atoms with Crippen molar-refractivity contribution in [2.45, 2.75) is 81.2 Å². The second kappa shape index (κ2) is 14.8. The molecule has 1 aliphatic heterocycles. The molecule has 0 radical (unpaired) electrons. The number of imidazole rings is 1. The van der Waals surface area contributed by atoms with Gasteiger partial charge in [-0.3, -0.25) is 4.79 Å². The average molecular weight is 693 g/mol. The Hall–Kier alpha value is -4.05. The summed E-state index contributed by atoms with van der Waals surface area (Å²) in [6, 6.07) is 8.17. The van der Waals surface area contributed by atoms with Gasteiger partial charge in [-0.25, -0.2) is 14.2 Å². The molecule has 11 nitrogen and oxygen atoms in total. The van der Waals surface area contributed by atoms with E-state index in [0.717, 1.165) is 26.4 Å². The first-order valence-corrected chi connectivity index (χ1v) is 15.9. The Balaban J connectivity index is 1.46. The molecular weight excluding hydrogens is 652 g/mol. The molecule has 2 heterocycles. The Morgan fingerprint density at radius 2 is 1.96 bits per heavy atom. The molecule has 1 amide bonds. The molecule has 2 aromatic carbocycles. The lowest BCUT2D eigenvalue weighted by atomic mass is 9.72. The highest BCUT2D eigenvalue weighted by Gasteiger charge is 2.48. The van der Waals surface area contributed by atoms with Crippen molar-refractivity contribution in [3.8, 4) is 11.4 Å². The number of hydrogen-bond donors (Lipinski definition) is 3. The van der Waals surface area contributed by atoms with Gasteiger partial charge in [0, 0.05) is 64.5 Å². The quantitative estimate of drug-likeness (QED) is 0.130. The number of alkyl halides is 3. The molecule has 1 saturated carbocycles. The van der Waals surface area contributed by atoms with E-state index in [4.69, 9.17) is 18.9 Å². The lowest BCUT2D eigenvalue weighted by Crippen LogP contribution is -2.52. The van der Waals surface area contributed by atoms with E-state index in [9.17, 15) is 32.3 Å². The molecule has 3 aromatic rings. The van der Waals surface area contributed by atoms with Crippen LogP contribution in [0.5, 0.6) is 5.75 Å². The van der Waals surface area contributed by atoms with E-state index in [1.54, 1.807) is 47.6 Å². The number of methoxy groups -OCH3 is 2. The van der Waals surface area contributed by atoms with Crippen LogP contribution in [0.1, 0.15) is 55.3 Å². The third-order valence-electron chi connectivity index (χ3n) is 8.98. The lowest BCUT2D eigenvalue weighted by molar-refractivity contribution is -0.249. The summed E-state index contributed by atoms with van der Waals surface area (Å²) in [6.45, 7) is 1.03. The zero-order valence-corrected chi connectivity index (χ0v) is 27.4. The molecule has 1 fully saturated rings. The summed E-state index contributed by atoms with van der Waals surface area (Å²) >= 11 is 0. The van der Waals surface area contributed by atoms with Crippen LogP contribution in [0, 0.1) is 5.82 Å². The smallest absolute Gasteiger partial charge is 0.485 e. The van der Waals surface area contributed by atoms with Crippen molar-refractivity contribution >= 4 is 11.9 Å². The number of fused-ring (bicyclic) bond motifs is 1. The summed E-state index contributed by atoms with van der Waals surface area (Å²) in [6.07, 6.45) is 1.49. The molecule has 2 aliphatic rings. The van der Waals surface area contributed by atoms with Gasteiger partial charge in [-0.1, -0.05) is 18.2 Å². The van der Waals surface area contributed by atoms with Crippen LogP contribution in [0.3, 0.4) is 0 Å². The van der Waals surface area contributed by atoms with Crippen LogP contribution in [0.2, 0.25) is 0 Å². The Bertz CT molecular complexity index is 1620. The highest BCUT2D eigenvalue weighted by Crippen LogP contribution is 2.51. The number of rotatable bonds is 14. The van der Waals surface area contributed by atoms with Gasteiger partial charge < -0.3 is 39.3 Å². The van der Waals surface area contributed by atoms with E-state index in [0.29, 0.717) is 34.5 Å². The van der Waals surface area contributed by atoms with Crippen LogP contribution in [0.15, 0.2) is 55.1 Å². The summed E-state index contributed by atoms with van der Waals surface area (Å²) in [7, 11) is 2.53. The maximum atomic E-state index is 14.0. The fraction of sp³-hybridized carbons (Fsp3) is 0.500. The van der Waals surface area contributed by atoms with Crippen molar-refractivity contribution < 1.29 is 51.2 Å². The van der Waals surface area contributed by atoms with E-state index in [-0.39, 0.29) is 26.0 Å². The van der Waals surface area contributed by atoms with Gasteiger partial charge in [0.1, 0.15) is 23.8 Å². The molecule has 1 aromatic heterocycles. The summed E-state index contributed by atoms with van der Waals surface area (Å²) in [5.41, 5.74) is 1.81. The minimum absolute atomic E-state index is 0.0110. The first-order chi connectivity index (χ1) is 23.2. The molecule has 0 saturated heterocycles. The number of benzene rings is 2. The highest BCUT2D eigenvalue weighted by molar-refractivity contribution is 5.77. The number of carbonyl (C=O) groups excluding carboxylic acids is 2. The SMILES string of the molecule is COCC(=O)N[C@@H](Cc1cccc(F)c1)[C@H](O)CN[C@H]1CC2(CCC2)Oc2c1cc(CC(C)(OC)OC(=O)C(F)(F)F)cc2-n1ccnc1. The molecule has 1 spiro atoms. The Morgan fingerprint density at radius 1 is 1.18 bits per heavy atom. The van der Waals surface area contributed by atoms with Crippen LogP contribution in [-0.2, 0) is 36.6 Å². The fourth-order valence-corrected chi connectivity index (χ4v) is 6.32. The van der Waals surface area contributed by atoms with Crippen molar-refractivity contribution in [2.75, 3.05) is 27.4 Å². The van der Waals surface area contributed by atoms with Crippen LogP contribution in [0.25, 0.3) is 5.69 Å². The normalized spacial score (nSPS) is 19.1. The van der Waals surface area contributed by atoms with E-state index in [2.05, 4.69) is 15.6 Å². The predicted octanol–water partition coefficient (Wildman–Crippen LogP) is 4.09. The van der Waals surface area contributed by atoms with Crippen molar-refractivity contribution in [1.29, 1.82) is 0 Å². The van der Waals surface area contributed by atoms with E-state index in [1.807, 2.05) is 0 Å². The van der Waals surface area contributed by atoms with Gasteiger partial charge in [-0.2, -0.15) is 13.2 Å². The maximum absolute atomic E-state index is 14.0. The highest BCUT2D eigenvalue weighted by atomic mass is 19.4. The number of nitrogens with one attached hydrogen (secondary N) is 2. The van der Waals surface area contributed by atoms with Crippen LogP contribution < -0.4 is 15.4 Å². The van der Waals surface area contributed by atoms with Crippen LogP contribution in [-0.4, -0.2) is 83.6 Å². The second-order valence-electron chi connectivity index (χ2n) is 12.7. The zero-order chi connectivity index (χ0) is 35.4. The van der Waals surface area contributed by atoms with E-state index < -0.39 is 53.4 Å². The number of ether oxygens (including phenoxy) is 4. The first-order valence-electron chi connectivity index (χ1n) is 15.9. The van der Waals surface area contributed by atoms with Crippen LogP contribution >= 0.6 is 0 Å². The molecule has 49 heavy (non-hydrogen) atoms. The summed E-state index contributed by atoms with van der Waals surface area (Å²) < 4.78 is 76.7. The average Bonchev–Trinajstić information content (AvgIpc) is 3.57. The molecule has 0 bridgehead atoms. The number of amides is 1. The van der Waals surface area contributed by atoms with Crippen molar-refractivity contribution in [1.82, 2.24) is 20.2 Å². The molecule has 266 valence electrons. The molecule has 1 aliphatic carbocycles. The van der Waals surface area contributed by atoms with Crippen molar-refractivity contribution in [3.05, 3.63) is 77.6 Å². The molecule has 4 atom stereocenters. The summed E-state index contributed by atoms with van der Waals surface area (Å²) in [5.74, 6) is -4.69. The van der Waals surface area contributed by atoms with E-state index >= 15 is 0 Å². The van der Waals surface area contributed by atoms with Gasteiger partial charge in [0.25, 0.3) is 0 Å². The van der Waals surface area contributed by atoms with Crippen molar-refractivity contribution in [3.63, 3.8) is 0 Å². The standard InChI is InChI=1S/C34H40F4N4O7/c1-32(47-3,49-31(45)34(36,37)38)16-22-13-24-26(17-33(8-5-9-33)48-30(24)27(15-22)42-11-10-39-20-42)40-18-28(43)25(41-29(44)19-46-2)14-21-6-4-7-23(35)12-21/h4,6-7,10-13,15,20,25-26,28,40,43H,5,8-9,14,16-19H2,1-3H3,(H,41,44)/t25-,26-,28+,32?/m0/s1. The lowest BCUT2D eigenvalue weighted by Gasteiger charge is -2.49. The third-order valence-corrected chi connectivity index (χ3v) is 8.98. The monoisotopic (exact) mass is 692 g/mol. The summed E-state index contributed by atoms with van der Waals surface area (Å²) in [4.78, 5) is 28.4. The molecule has 1 unspecified atom stereocenters. The molecule has 3 N–H and O–H groups in total. The third kappa shape index (κ3) is 8.76. The van der Waals surface area contributed by atoms with Gasteiger partial charge in [-0.05, 0) is 55.0 Å².